The largest absolute Gasteiger partial charge is 0.337 e. The van der Waals surface area contributed by atoms with Crippen LogP contribution >= 0.6 is 0 Å². The van der Waals surface area contributed by atoms with Crippen molar-refractivity contribution in [3.8, 4) is 11.1 Å². The van der Waals surface area contributed by atoms with Crippen LogP contribution in [0.3, 0.4) is 0 Å². The van der Waals surface area contributed by atoms with Gasteiger partial charge in [-0.05, 0) is 113 Å². The number of halogens is 1. The van der Waals surface area contributed by atoms with E-state index in [1.54, 1.807) is 0 Å². The smallest absolute Gasteiger partial charge is 0.136 e. The molecule has 1 saturated carbocycles. The monoisotopic (exact) mass is 635 g/mol. The summed E-state index contributed by atoms with van der Waals surface area (Å²) in [5.41, 5.74) is 16.8. The van der Waals surface area contributed by atoms with Crippen molar-refractivity contribution in [2.24, 2.45) is 0 Å². The maximum absolute atomic E-state index is 16.8. The summed E-state index contributed by atoms with van der Waals surface area (Å²) in [4.78, 5) is 2.42. The zero-order chi connectivity index (χ0) is 33.1. The molecule has 238 valence electrons. The average Bonchev–Trinajstić information content (AvgIpc) is 3.82. The van der Waals surface area contributed by atoms with E-state index in [-0.39, 0.29) is 17.8 Å². The van der Waals surface area contributed by atoms with E-state index in [9.17, 15) is 0 Å². The van der Waals surface area contributed by atoms with Gasteiger partial charge in [0.25, 0.3) is 0 Å². The standard InChI is InChI=1S/C47H38FN/c1-30-14-20-33(21-15-30)42(34-22-16-31(2)17-23-34)28-32-18-25-36(26-19-32)49-44-13-7-12-41(44)46-45(49)27-24-35(47(46)48)29-43-39-10-5-3-8-37(39)38-9-4-6-11-40(38)43/h3-6,8-11,14-29,41,44H,7,12-13H2,1-2H3. The summed E-state index contributed by atoms with van der Waals surface area (Å²) in [7, 11) is 0. The number of aryl methyl sites for hydroxylation is 2. The van der Waals surface area contributed by atoms with Crippen LogP contribution in [-0.2, 0) is 0 Å². The topological polar surface area (TPSA) is 3.24 Å². The van der Waals surface area contributed by atoms with Gasteiger partial charge in [0.15, 0.2) is 0 Å². The predicted molar refractivity (Wildman–Crippen MR) is 204 cm³/mol. The third kappa shape index (κ3) is 5.06. The van der Waals surface area contributed by atoms with E-state index in [2.05, 4.69) is 158 Å². The van der Waals surface area contributed by atoms with E-state index >= 15 is 4.39 Å². The Hall–Kier alpha value is -5.47. The summed E-state index contributed by atoms with van der Waals surface area (Å²) < 4.78 is 16.8. The Balaban J connectivity index is 1.08. The summed E-state index contributed by atoms with van der Waals surface area (Å²) >= 11 is 0. The molecule has 2 unspecified atom stereocenters. The average molecular weight is 636 g/mol. The van der Waals surface area contributed by atoms with Crippen LogP contribution in [0.4, 0.5) is 15.8 Å². The lowest BCUT2D eigenvalue weighted by Crippen LogP contribution is -2.26. The van der Waals surface area contributed by atoms with Gasteiger partial charge in [0.1, 0.15) is 5.82 Å². The molecule has 2 aliphatic carbocycles. The van der Waals surface area contributed by atoms with Crippen LogP contribution in [0.15, 0.2) is 133 Å². The second-order valence-electron chi connectivity index (χ2n) is 13.9. The molecule has 0 bridgehead atoms. The SMILES string of the molecule is Cc1ccc(C(=Cc2ccc(N3c4ccc(C=C5c6ccccc6-c6ccccc65)c(F)c4C4CCCC43)cc2)c2ccc(C)cc2)cc1. The van der Waals surface area contributed by atoms with Gasteiger partial charge in [0.2, 0.25) is 0 Å². The molecule has 0 aromatic heterocycles. The molecule has 6 aromatic carbocycles. The number of anilines is 2. The van der Waals surface area contributed by atoms with Gasteiger partial charge in [-0.25, -0.2) is 4.39 Å². The summed E-state index contributed by atoms with van der Waals surface area (Å²) in [5.74, 6) is 0.136. The molecule has 1 heterocycles. The van der Waals surface area contributed by atoms with E-state index in [1.165, 1.54) is 50.1 Å². The minimum Gasteiger partial charge on any atom is -0.337 e. The third-order valence-electron chi connectivity index (χ3n) is 10.9. The van der Waals surface area contributed by atoms with Gasteiger partial charge in [0.05, 0.1) is 0 Å². The summed E-state index contributed by atoms with van der Waals surface area (Å²) in [6.07, 6.45) is 7.58. The van der Waals surface area contributed by atoms with Gasteiger partial charge in [-0.15, -0.1) is 0 Å². The normalized spacial score (nSPS) is 17.0. The Morgan fingerprint density at radius 3 is 1.80 bits per heavy atom. The van der Waals surface area contributed by atoms with Crippen LogP contribution in [-0.4, -0.2) is 6.04 Å². The van der Waals surface area contributed by atoms with Gasteiger partial charge in [-0.1, -0.05) is 127 Å². The first-order chi connectivity index (χ1) is 24.0. The maximum atomic E-state index is 16.8. The highest BCUT2D eigenvalue weighted by molar-refractivity contribution is 6.06. The van der Waals surface area contributed by atoms with E-state index in [4.69, 9.17) is 0 Å². The van der Waals surface area contributed by atoms with E-state index in [0.29, 0.717) is 5.56 Å². The zero-order valence-electron chi connectivity index (χ0n) is 28.0. The Morgan fingerprint density at radius 2 is 1.20 bits per heavy atom. The number of nitrogens with zero attached hydrogens (tertiary/aromatic N) is 1. The first-order valence-electron chi connectivity index (χ1n) is 17.5. The highest BCUT2D eigenvalue weighted by Gasteiger charge is 2.44. The van der Waals surface area contributed by atoms with Gasteiger partial charge >= 0.3 is 0 Å². The van der Waals surface area contributed by atoms with Gasteiger partial charge in [-0.2, -0.15) is 0 Å². The lowest BCUT2D eigenvalue weighted by molar-refractivity contribution is 0.573. The third-order valence-corrected chi connectivity index (χ3v) is 10.9. The molecular formula is C47H38FN. The molecule has 1 nitrogen and oxygen atoms in total. The van der Waals surface area contributed by atoms with Crippen molar-refractivity contribution < 1.29 is 4.39 Å². The summed E-state index contributed by atoms with van der Waals surface area (Å²) in [5, 5.41) is 0. The molecule has 0 radical (unpaired) electrons. The van der Waals surface area contributed by atoms with E-state index in [0.717, 1.165) is 47.3 Å². The number of hydrogen-bond acceptors (Lipinski definition) is 1. The molecule has 0 N–H and O–H groups in total. The molecule has 9 rings (SSSR count). The van der Waals surface area contributed by atoms with Crippen molar-refractivity contribution in [2.45, 2.75) is 45.1 Å². The fourth-order valence-electron chi connectivity index (χ4n) is 8.43. The van der Waals surface area contributed by atoms with Crippen LogP contribution in [0.2, 0.25) is 0 Å². The second kappa shape index (κ2) is 11.9. The van der Waals surface area contributed by atoms with Crippen LogP contribution in [0, 0.1) is 19.7 Å². The molecule has 49 heavy (non-hydrogen) atoms. The number of benzene rings is 6. The zero-order valence-corrected chi connectivity index (χ0v) is 28.0. The van der Waals surface area contributed by atoms with Crippen molar-refractivity contribution in [2.75, 3.05) is 4.90 Å². The molecule has 0 saturated heterocycles. The van der Waals surface area contributed by atoms with Gasteiger partial charge < -0.3 is 4.90 Å². The molecule has 0 spiro atoms. The van der Waals surface area contributed by atoms with Crippen molar-refractivity contribution >= 4 is 34.7 Å². The molecule has 6 aromatic rings. The lowest BCUT2D eigenvalue weighted by Gasteiger charge is -2.27. The van der Waals surface area contributed by atoms with Gasteiger partial charge in [-0.3, -0.25) is 0 Å². The predicted octanol–water partition coefficient (Wildman–Crippen LogP) is 12.4. The number of hydrogen-bond donors (Lipinski definition) is 0. The highest BCUT2D eigenvalue weighted by atomic mass is 19.1. The Morgan fingerprint density at radius 1 is 0.633 bits per heavy atom. The lowest BCUT2D eigenvalue weighted by atomic mass is 9.93. The Labute approximate surface area is 288 Å². The minimum atomic E-state index is -0.0633. The number of rotatable bonds is 5. The Kier molecular flexibility index (Phi) is 7.20. The van der Waals surface area contributed by atoms with Crippen LogP contribution in [0.25, 0.3) is 34.4 Å². The fourth-order valence-corrected chi connectivity index (χ4v) is 8.43. The maximum Gasteiger partial charge on any atom is 0.136 e. The van der Waals surface area contributed by atoms with Crippen LogP contribution < -0.4 is 4.90 Å². The number of fused-ring (bicyclic) bond motifs is 6. The minimum absolute atomic E-state index is 0.0633. The molecular weight excluding hydrogens is 598 g/mol. The highest BCUT2D eigenvalue weighted by Crippen LogP contribution is 2.54. The summed E-state index contributed by atoms with van der Waals surface area (Å²) in [6, 6.07) is 47.8. The first kappa shape index (κ1) is 29.7. The Bertz CT molecular complexity index is 2180. The van der Waals surface area contributed by atoms with Crippen molar-refractivity contribution in [3.63, 3.8) is 0 Å². The fraction of sp³-hybridized carbons (Fsp3) is 0.149. The molecule has 0 amide bonds. The molecule has 3 aliphatic rings. The van der Waals surface area contributed by atoms with Crippen LogP contribution in [0.1, 0.15) is 75.3 Å². The quantitative estimate of drug-likeness (QED) is 0.170. The van der Waals surface area contributed by atoms with Crippen molar-refractivity contribution in [1.29, 1.82) is 0 Å². The van der Waals surface area contributed by atoms with Gasteiger partial charge in [0, 0.05) is 34.5 Å². The van der Waals surface area contributed by atoms with Crippen molar-refractivity contribution in [3.05, 3.63) is 189 Å². The molecule has 1 aliphatic heterocycles. The first-order valence-corrected chi connectivity index (χ1v) is 17.5. The van der Waals surface area contributed by atoms with Crippen LogP contribution in [0.5, 0.6) is 0 Å². The van der Waals surface area contributed by atoms with E-state index < -0.39 is 0 Å². The van der Waals surface area contributed by atoms with E-state index in [1.807, 2.05) is 6.07 Å². The molecule has 2 heteroatoms. The summed E-state index contributed by atoms with van der Waals surface area (Å²) in [6.45, 7) is 4.25. The second-order valence-corrected chi connectivity index (χ2v) is 13.9. The van der Waals surface area contributed by atoms with Crippen molar-refractivity contribution in [1.82, 2.24) is 0 Å². The molecule has 1 fully saturated rings. The molecule has 2 atom stereocenters.